The highest BCUT2D eigenvalue weighted by molar-refractivity contribution is 7.80. The lowest BCUT2D eigenvalue weighted by molar-refractivity contribution is -0.875. The number of aryl methyl sites for hydroxylation is 1. The molecule has 4 aliphatic rings. The van der Waals surface area contributed by atoms with Gasteiger partial charge in [0.25, 0.3) is 0 Å². The maximum Gasteiger partial charge on any atom is 0.171 e. The van der Waals surface area contributed by atoms with Crippen LogP contribution in [-0.4, -0.2) is 18.2 Å². The maximum absolute atomic E-state index is 5.43. The molecule has 4 aliphatic heterocycles. The Morgan fingerprint density at radius 3 is 2.55 bits per heavy atom. The van der Waals surface area contributed by atoms with E-state index < -0.39 is 0 Å². The molecule has 4 heteroatoms. The summed E-state index contributed by atoms with van der Waals surface area (Å²) >= 11 is 5.43. The summed E-state index contributed by atoms with van der Waals surface area (Å²) in [7, 11) is 0. The van der Waals surface area contributed by atoms with Gasteiger partial charge in [0.2, 0.25) is 0 Å². The molecule has 3 N–H and O–H groups in total. The number of thiocarbonyl (C=S) groups is 1. The van der Waals surface area contributed by atoms with Crippen LogP contribution in [0.1, 0.15) is 30.0 Å². The molecule has 0 aromatic heterocycles. The van der Waals surface area contributed by atoms with Crippen LogP contribution in [0.5, 0.6) is 0 Å². The molecule has 20 heavy (non-hydrogen) atoms. The van der Waals surface area contributed by atoms with Crippen LogP contribution in [0.15, 0.2) is 35.7 Å². The molecule has 3 nitrogen and oxygen atoms in total. The van der Waals surface area contributed by atoms with Gasteiger partial charge in [-0.3, -0.25) is 0 Å². The van der Waals surface area contributed by atoms with Crippen molar-refractivity contribution in [1.82, 2.24) is 10.6 Å². The third kappa shape index (κ3) is 1.86. The Kier molecular flexibility index (Phi) is 2.82. The van der Waals surface area contributed by atoms with Crippen LogP contribution in [0.3, 0.4) is 0 Å². The van der Waals surface area contributed by atoms with Crippen molar-refractivity contribution >= 4 is 17.3 Å². The van der Waals surface area contributed by atoms with Crippen LogP contribution >= 0.6 is 12.2 Å². The van der Waals surface area contributed by atoms with Crippen molar-refractivity contribution in [3.8, 4) is 0 Å². The number of hydrogen-bond acceptors (Lipinski definition) is 1. The van der Waals surface area contributed by atoms with Crippen LogP contribution < -0.4 is 15.5 Å². The lowest BCUT2D eigenvalue weighted by Gasteiger charge is -2.44. The van der Waals surface area contributed by atoms with Crippen molar-refractivity contribution in [2.75, 3.05) is 13.1 Å². The Morgan fingerprint density at radius 2 is 1.85 bits per heavy atom. The summed E-state index contributed by atoms with van der Waals surface area (Å²) in [5, 5.41) is 7.70. The van der Waals surface area contributed by atoms with Crippen LogP contribution in [0, 0.1) is 12.8 Å². The molecule has 1 aromatic carbocycles. The van der Waals surface area contributed by atoms with E-state index in [0.717, 1.165) is 5.11 Å². The smallest absolute Gasteiger partial charge is 0.171 e. The Hall–Kier alpha value is -1.39. The first-order chi connectivity index (χ1) is 9.72. The number of allylic oxidation sites excluding steroid dienone is 1. The predicted molar refractivity (Wildman–Crippen MR) is 83.2 cm³/mol. The monoisotopic (exact) mass is 286 g/mol. The Bertz CT molecular complexity index is 582. The van der Waals surface area contributed by atoms with E-state index in [9.17, 15) is 0 Å². The van der Waals surface area contributed by atoms with Gasteiger partial charge in [0.05, 0.1) is 18.8 Å². The van der Waals surface area contributed by atoms with E-state index in [1.807, 2.05) is 0 Å². The highest BCUT2D eigenvalue weighted by atomic mass is 32.1. The van der Waals surface area contributed by atoms with Gasteiger partial charge in [0, 0.05) is 18.8 Å². The first kappa shape index (κ1) is 12.4. The highest BCUT2D eigenvalue weighted by Crippen LogP contribution is 2.33. The van der Waals surface area contributed by atoms with Crippen LogP contribution in [0.2, 0.25) is 0 Å². The Balaban J connectivity index is 1.80. The third-order valence-corrected chi connectivity index (χ3v) is 5.11. The zero-order valence-electron chi connectivity index (χ0n) is 11.7. The SMILES string of the molecule is Cc1ccc(C2NC(=S)NC3=C2[NH+]2CCC3CC2)cc1. The standard InChI is InChI=1S/C16H19N3S/c1-10-2-4-11(5-3-10)13-15-14(18-16(20)17-13)12-6-8-19(15)9-7-12/h2-5,12-13H,6-9H2,1H3,(H2,17,18,20)/p+1. The van der Waals surface area contributed by atoms with Crippen LogP contribution in [-0.2, 0) is 0 Å². The molecule has 4 heterocycles. The Morgan fingerprint density at radius 1 is 1.15 bits per heavy atom. The first-order valence-electron chi connectivity index (χ1n) is 7.45. The lowest BCUT2D eigenvalue weighted by atomic mass is 9.82. The number of rotatable bonds is 1. The molecule has 104 valence electrons. The van der Waals surface area contributed by atoms with E-state index >= 15 is 0 Å². The fraction of sp³-hybridized carbons (Fsp3) is 0.438. The molecule has 1 aromatic rings. The van der Waals surface area contributed by atoms with Gasteiger partial charge in [-0.15, -0.1) is 0 Å². The third-order valence-electron chi connectivity index (χ3n) is 4.89. The summed E-state index contributed by atoms with van der Waals surface area (Å²) in [5.41, 5.74) is 5.54. The number of fused-ring (bicyclic) bond motifs is 2. The van der Waals surface area contributed by atoms with Gasteiger partial charge in [-0.25, -0.2) is 0 Å². The molecule has 0 saturated carbocycles. The van der Waals surface area contributed by atoms with Gasteiger partial charge in [0.1, 0.15) is 6.04 Å². The van der Waals surface area contributed by atoms with E-state index in [4.69, 9.17) is 12.2 Å². The minimum Gasteiger partial charge on any atom is -0.347 e. The molecule has 0 aliphatic carbocycles. The van der Waals surface area contributed by atoms with Crippen molar-refractivity contribution in [1.29, 1.82) is 0 Å². The largest absolute Gasteiger partial charge is 0.347 e. The maximum atomic E-state index is 5.43. The van der Waals surface area contributed by atoms with Gasteiger partial charge in [-0.05, 0) is 24.7 Å². The van der Waals surface area contributed by atoms with E-state index in [1.165, 1.54) is 48.5 Å². The highest BCUT2D eigenvalue weighted by Gasteiger charge is 2.44. The van der Waals surface area contributed by atoms with Gasteiger partial charge >= 0.3 is 0 Å². The van der Waals surface area contributed by atoms with Crippen LogP contribution in [0.4, 0.5) is 0 Å². The molecule has 1 atom stereocenters. The second-order valence-electron chi connectivity index (χ2n) is 6.15. The number of quaternary nitrogens is 1. The quantitative estimate of drug-likeness (QED) is 0.674. The number of piperidine rings is 1. The predicted octanol–water partition coefficient (Wildman–Crippen LogP) is 1.03. The molecule has 0 radical (unpaired) electrons. The average Bonchev–Trinajstić information content (AvgIpc) is 2.48. The number of hydrogen-bond donors (Lipinski definition) is 3. The van der Waals surface area contributed by atoms with Gasteiger partial charge in [-0.1, -0.05) is 29.8 Å². The van der Waals surface area contributed by atoms with Gasteiger partial charge < -0.3 is 15.5 Å². The van der Waals surface area contributed by atoms with E-state index in [0.29, 0.717) is 5.92 Å². The molecule has 0 spiro atoms. The van der Waals surface area contributed by atoms with Gasteiger partial charge in [0.15, 0.2) is 10.8 Å². The van der Waals surface area contributed by atoms with Crippen molar-refractivity contribution in [3.63, 3.8) is 0 Å². The molecule has 2 bridgehead atoms. The second-order valence-corrected chi connectivity index (χ2v) is 6.56. The first-order valence-corrected chi connectivity index (χ1v) is 7.86. The number of nitrogens with one attached hydrogen (secondary N) is 3. The summed E-state index contributed by atoms with van der Waals surface area (Å²) in [6.07, 6.45) is 2.59. The van der Waals surface area contributed by atoms with E-state index in [-0.39, 0.29) is 6.04 Å². The Labute approximate surface area is 125 Å². The lowest BCUT2D eigenvalue weighted by Crippen LogP contribution is -3.14. The average molecular weight is 286 g/mol. The van der Waals surface area contributed by atoms with Gasteiger partial charge in [-0.2, -0.15) is 0 Å². The summed E-state index contributed by atoms with van der Waals surface area (Å²) in [6.45, 7) is 4.66. The molecule has 1 fully saturated rings. The van der Waals surface area contributed by atoms with Crippen molar-refractivity contribution in [2.45, 2.75) is 25.8 Å². The molecular weight excluding hydrogens is 266 g/mol. The molecule has 0 amide bonds. The molecule has 5 rings (SSSR count). The summed E-state index contributed by atoms with van der Waals surface area (Å²) < 4.78 is 0. The summed E-state index contributed by atoms with van der Waals surface area (Å²) in [6, 6.07) is 9.09. The topological polar surface area (TPSA) is 28.5 Å². The molecule has 1 unspecified atom stereocenters. The molecule has 1 saturated heterocycles. The zero-order chi connectivity index (χ0) is 13.7. The van der Waals surface area contributed by atoms with Crippen molar-refractivity contribution in [2.24, 2.45) is 5.92 Å². The number of benzene rings is 1. The minimum atomic E-state index is 0.248. The van der Waals surface area contributed by atoms with Crippen LogP contribution in [0.25, 0.3) is 0 Å². The van der Waals surface area contributed by atoms with Crippen molar-refractivity contribution in [3.05, 3.63) is 46.8 Å². The normalized spacial score (nSPS) is 31.6. The summed E-state index contributed by atoms with van der Waals surface area (Å²) in [4.78, 5) is 1.63. The minimum absolute atomic E-state index is 0.248. The molecular formula is C16H20N3S+. The van der Waals surface area contributed by atoms with E-state index in [2.05, 4.69) is 41.8 Å². The fourth-order valence-electron chi connectivity index (χ4n) is 3.83. The zero-order valence-corrected chi connectivity index (χ0v) is 12.5. The summed E-state index contributed by atoms with van der Waals surface area (Å²) in [5.74, 6) is 0.690. The van der Waals surface area contributed by atoms with E-state index in [1.54, 1.807) is 4.90 Å². The second kappa shape index (κ2) is 4.57. The van der Waals surface area contributed by atoms with Crippen molar-refractivity contribution < 1.29 is 4.90 Å². The fourth-order valence-corrected chi connectivity index (χ4v) is 4.06.